The number of carbonyl (C=O) groups is 2. The van der Waals surface area contributed by atoms with E-state index in [1.165, 1.54) is 13.5 Å². The molecule has 0 saturated heterocycles. The lowest BCUT2D eigenvalue weighted by molar-refractivity contribution is -0.141. The fourth-order valence-corrected chi connectivity index (χ4v) is 0.368. The Kier molecular flexibility index (Phi) is 12.2. The van der Waals surface area contributed by atoms with Crippen molar-refractivity contribution in [3.8, 4) is 0 Å². The number of carbonyl (C=O) groups excluding carboxylic acids is 2. The van der Waals surface area contributed by atoms with Gasteiger partial charge in [-0.05, 0) is 0 Å². The standard InChI is InChI=1S/C6H11NO3.C3H8/c1-3-5(8)7-4-6(9)10-2;1-3-2/h3-4H2,1-2H3,(H,7,8);3H2,1-2H3. The van der Waals surface area contributed by atoms with Gasteiger partial charge >= 0.3 is 5.97 Å². The highest BCUT2D eigenvalue weighted by molar-refractivity contribution is 5.81. The van der Waals surface area contributed by atoms with E-state index in [1.807, 2.05) is 0 Å². The molecule has 0 aromatic rings. The Morgan fingerprint density at radius 2 is 1.69 bits per heavy atom. The van der Waals surface area contributed by atoms with Gasteiger partial charge in [-0.25, -0.2) is 0 Å². The van der Waals surface area contributed by atoms with Gasteiger partial charge in [0.05, 0.1) is 7.11 Å². The highest BCUT2D eigenvalue weighted by Crippen LogP contribution is 1.75. The Bertz CT molecular complexity index is 130. The maximum Gasteiger partial charge on any atom is 0.325 e. The third kappa shape index (κ3) is 13.9. The summed E-state index contributed by atoms with van der Waals surface area (Å²) in [5.74, 6) is -0.577. The van der Waals surface area contributed by atoms with Crippen LogP contribution in [-0.2, 0) is 14.3 Å². The van der Waals surface area contributed by atoms with Crippen molar-refractivity contribution < 1.29 is 14.3 Å². The number of nitrogens with one attached hydrogen (secondary N) is 1. The molecule has 4 heteroatoms. The first-order chi connectivity index (χ1) is 6.12. The van der Waals surface area contributed by atoms with Crippen LogP contribution in [-0.4, -0.2) is 25.5 Å². The molecular formula is C9H19NO3. The summed E-state index contributed by atoms with van der Waals surface area (Å²) >= 11 is 0. The second kappa shape index (κ2) is 10.9. The quantitative estimate of drug-likeness (QED) is 0.676. The smallest absolute Gasteiger partial charge is 0.325 e. The summed E-state index contributed by atoms with van der Waals surface area (Å²) in [5, 5.41) is 2.37. The zero-order valence-corrected chi connectivity index (χ0v) is 8.85. The first kappa shape index (κ1) is 14.5. The Morgan fingerprint density at radius 1 is 1.23 bits per heavy atom. The summed E-state index contributed by atoms with van der Waals surface area (Å²) in [6, 6.07) is 0. The fraction of sp³-hybridized carbons (Fsp3) is 0.778. The molecule has 0 radical (unpaired) electrons. The van der Waals surface area contributed by atoms with Crippen LogP contribution in [0.5, 0.6) is 0 Å². The highest BCUT2D eigenvalue weighted by Gasteiger charge is 2.00. The predicted octanol–water partition coefficient (Wildman–Crippen LogP) is 1.10. The number of methoxy groups -OCH3 is 1. The van der Waals surface area contributed by atoms with Crippen LogP contribution >= 0.6 is 0 Å². The van der Waals surface area contributed by atoms with Crippen LogP contribution < -0.4 is 5.32 Å². The van der Waals surface area contributed by atoms with Crippen molar-refractivity contribution in [3.05, 3.63) is 0 Å². The highest BCUT2D eigenvalue weighted by atomic mass is 16.5. The number of hydrogen-bond donors (Lipinski definition) is 1. The SMILES string of the molecule is CCC.CCC(=O)NCC(=O)OC. The Balaban J connectivity index is 0. The first-order valence-electron chi connectivity index (χ1n) is 4.45. The molecule has 1 amide bonds. The average Bonchev–Trinajstić information content (AvgIpc) is 2.14. The lowest BCUT2D eigenvalue weighted by atomic mass is 10.4. The minimum atomic E-state index is -0.429. The molecule has 13 heavy (non-hydrogen) atoms. The summed E-state index contributed by atoms with van der Waals surface area (Å²) in [5.41, 5.74) is 0. The van der Waals surface area contributed by atoms with E-state index in [2.05, 4.69) is 23.9 Å². The van der Waals surface area contributed by atoms with Crippen LogP contribution in [0.25, 0.3) is 0 Å². The van der Waals surface area contributed by atoms with Crippen LogP contribution in [0.4, 0.5) is 0 Å². The average molecular weight is 189 g/mol. The summed E-state index contributed by atoms with van der Waals surface area (Å²) in [4.78, 5) is 20.9. The predicted molar refractivity (Wildman–Crippen MR) is 51.3 cm³/mol. The molecule has 0 bridgehead atoms. The molecule has 0 aliphatic carbocycles. The minimum absolute atomic E-state index is 0.0385. The molecule has 0 aliphatic rings. The second-order valence-corrected chi connectivity index (χ2v) is 2.41. The maximum atomic E-state index is 10.5. The van der Waals surface area contributed by atoms with Crippen molar-refractivity contribution in [1.82, 2.24) is 5.32 Å². The van der Waals surface area contributed by atoms with E-state index in [9.17, 15) is 9.59 Å². The molecule has 0 atom stereocenters. The number of ether oxygens (including phenoxy) is 1. The third-order valence-corrected chi connectivity index (χ3v) is 0.979. The molecule has 78 valence electrons. The van der Waals surface area contributed by atoms with E-state index in [0.29, 0.717) is 6.42 Å². The lowest BCUT2D eigenvalue weighted by Crippen LogP contribution is -2.29. The summed E-state index contributed by atoms with van der Waals surface area (Å²) in [7, 11) is 1.28. The molecule has 0 spiro atoms. The monoisotopic (exact) mass is 189 g/mol. The van der Waals surface area contributed by atoms with E-state index >= 15 is 0 Å². The van der Waals surface area contributed by atoms with Gasteiger partial charge in [0.25, 0.3) is 0 Å². The van der Waals surface area contributed by atoms with Gasteiger partial charge in [0, 0.05) is 6.42 Å². The molecule has 0 aromatic heterocycles. The zero-order chi connectivity index (χ0) is 10.7. The molecule has 0 aliphatic heterocycles. The van der Waals surface area contributed by atoms with Crippen molar-refractivity contribution in [2.75, 3.05) is 13.7 Å². The third-order valence-electron chi connectivity index (χ3n) is 0.979. The van der Waals surface area contributed by atoms with E-state index in [-0.39, 0.29) is 12.5 Å². The van der Waals surface area contributed by atoms with Crippen molar-refractivity contribution in [1.29, 1.82) is 0 Å². The second-order valence-electron chi connectivity index (χ2n) is 2.41. The van der Waals surface area contributed by atoms with Gasteiger partial charge in [-0.3, -0.25) is 9.59 Å². The molecule has 0 fully saturated rings. The maximum absolute atomic E-state index is 10.5. The molecular weight excluding hydrogens is 170 g/mol. The molecule has 0 heterocycles. The topological polar surface area (TPSA) is 55.4 Å². The van der Waals surface area contributed by atoms with Crippen LogP contribution in [0, 0.1) is 0 Å². The number of hydrogen-bond acceptors (Lipinski definition) is 3. The zero-order valence-electron chi connectivity index (χ0n) is 8.85. The number of amides is 1. The lowest BCUT2D eigenvalue weighted by Gasteiger charge is -1.99. The Hall–Kier alpha value is -1.06. The molecule has 0 rings (SSSR count). The molecule has 1 N–H and O–H groups in total. The van der Waals surface area contributed by atoms with Gasteiger partial charge in [-0.1, -0.05) is 27.2 Å². The molecule has 0 aromatic carbocycles. The first-order valence-corrected chi connectivity index (χ1v) is 4.45. The summed E-state index contributed by atoms with van der Waals surface area (Å²) in [6.45, 7) is 5.93. The van der Waals surface area contributed by atoms with E-state index < -0.39 is 5.97 Å². The van der Waals surface area contributed by atoms with Crippen molar-refractivity contribution in [2.24, 2.45) is 0 Å². The molecule has 0 unspecified atom stereocenters. The van der Waals surface area contributed by atoms with Gasteiger partial charge in [0.15, 0.2) is 0 Å². The van der Waals surface area contributed by atoms with Crippen LogP contribution in [0.3, 0.4) is 0 Å². The molecule has 4 nitrogen and oxygen atoms in total. The fourth-order valence-electron chi connectivity index (χ4n) is 0.368. The van der Waals surface area contributed by atoms with Crippen molar-refractivity contribution >= 4 is 11.9 Å². The summed E-state index contributed by atoms with van der Waals surface area (Å²) < 4.78 is 4.29. The van der Waals surface area contributed by atoms with Gasteiger partial charge in [-0.2, -0.15) is 0 Å². The van der Waals surface area contributed by atoms with Crippen LogP contribution in [0.2, 0.25) is 0 Å². The van der Waals surface area contributed by atoms with Crippen LogP contribution in [0.1, 0.15) is 33.6 Å². The Morgan fingerprint density at radius 3 is 2.00 bits per heavy atom. The van der Waals surface area contributed by atoms with E-state index in [0.717, 1.165) is 0 Å². The van der Waals surface area contributed by atoms with Crippen LogP contribution in [0.15, 0.2) is 0 Å². The molecule has 0 saturated carbocycles. The van der Waals surface area contributed by atoms with E-state index in [1.54, 1.807) is 6.92 Å². The number of esters is 1. The van der Waals surface area contributed by atoms with Gasteiger partial charge < -0.3 is 10.1 Å². The van der Waals surface area contributed by atoms with Gasteiger partial charge in [0.1, 0.15) is 6.54 Å². The largest absolute Gasteiger partial charge is 0.468 e. The van der Waals surface area contributed by atoms with Crippen molar-refractivity contribution in [3.63, 3.8) is 0 Å². The van der Waals surface area contributed by atoms with Gasteiger partial charge in [-0.15, -0.1) is 0 Å². The van der Waals surface area contributed by atoms with E-state index in [4.69, 9.17) is 0 Å². The summed E-state index contributed by atoms with van der Waals surface area (Å²) in [6.07, 6.45) is 1.64. The van der Waals surface area contributed by atoms with Crippen molar-refractivity contribution in [2.45, 2.75) is 33.6 Å². The number of rotatable bonds is 3. The Labute approximate surface area is 79.7 Å². The normalized spacial score (nSPS) is 8.00. The van der Waals surface area contributed by atoms with Gasteiger partial charge in [0.2, 0.25) is 5.91 Å². The minimum Gasteiger partial charge on any atom is -0.468 e.